The quantitative estimate of drug-likeness (QED) is 0.259. The lowest BCUT2D eigenvalue weighted by molar-refractivity contribution is -0.384. The molecule has 1 saturated heterocycles. The van der Waals surface area contributed by atoms with E-state index in [1.54, 1.807) is 18.2 Å². The van der Waals surface area contributed by atoms with Crippen molar-refractivity contribution in [3.8, 4) is 0 Å². The number of amides is 1. The summed E-state index contributed by atoms with van der Waals surface area (Å²) < 4.78 is 2.91. The number of carbonyl (C=O) groups excluding carboxylic acids is 1. The van der Waals surface area contributed by atoms with Crippen molar-refractivity contribution < 1.29 is 9.72 Å². The topological polar surface area (TPSA) is 104 Å². The van der Waals surface area contributed by atoms with E-state index >= 15 is 0 Å². The van der Waals surface area contributed by atoms with Gasteiger partial charge >= 0.3 is 0 Å². The van der Waals surface area contributed by atoms with Crippen LogP contribution in [-0.2, 0) is 30.7 Å². The van der Waals surface area contributed by atoms with E-state index in [1.807, 2.05) is 39.8 Å². The lowest BCUT2D eigenvalue weighted by atomic mass is 9.69. The number of H-pyrrole nitrogens is 1. The van der Waals surface area contributed by atoms with Crippen LogP contribution in [0, 0.1) is 22.0 Å². The van der Waals surface area contributed by atoms with Crippen LogP contribution in [0.25, 0.3) is 10.9 Å². The third-order valence-corrected chi connectivity index (χ3v) is 10.5. The molecule has 3 unspecified atom stereocenters. The van der Waals surface area contributed by atoms with E-state index in [0.717, 1.165) is 50.7 Å². The number of carbonyl (C=O) groups is 1. The van der Waals surface area contributed by atoms with Crippen LogP contribution in [0.4, 0.5) is 11.4 Å². The zero-order valence-corrected chi connectivity index (χ0v) is 23.8. The van der Waals surface area contributed by atoms with Crippen molar-refractivity contribution in [3.05, 3.63) is 102 Å². The van der Waals surface area contributed by atoms with Crippen molar-refractivity contribution in [1.82, 2.24) is 14.5 Å². The highest BCUT2D eigenvalue weighted by Gasteiger charge is 2.50. The number of non-ortho nitro benzene ring substituents is 1. The highest BCUT2D eigenvalue weighted by atomic mass is 79.9. The average molecular weight is 615 g/mol. The zero-order valence-electron chi connectivity index (χ0n) is 22.3. The van der Waals surface area contributed by atoms with Crippen LogP contribution in [0.2, 0.25) is 0 Å². The second-order valence-electron chi connectivity index (χ2n) is 11.9. The SMILES string of the molecule is O=C([C@@H]1Cc2cc([N+](=O)[O-])ccc2N2CC3CC(Cn4c3cccc4=O)C12)N1CCc2[nH]c3c(Br)cccc3c2C1. The first kappa shape index (κ1) is 24.8. The molecule has 4 aromatic rings. The Hall–Kier alpha value is -3.92. The number of pyridine rings is 1. The molecule has 2 aromatic carbocycles. The predicted molar refractivity (Wildman–Crippen MR) is 158 cm³/mol. The molecule has 0 radical (unpaired) electrons. The van der Waals surface area contributed by atoms with Crippen molar-refractivity contribution in [2.75, 3.05) is 18.0 Å². The van der Waals surface area contributed by atoms with Gasteiger partial charge in [0.25, 0.3) is 11.2 Å². The Morgan fingerprint density at radius 3 is 2.80 bits per heavy atom. The number of nitrogens with zero attached hydrogens (tertiary/aromatic N) is 4. The molecule has 1 fully saturated rings. The largest absolute Gasteiger partial charge is 0.366 e. The molecule has 4 atom stereocenters. The Bertz CT molecular complexity index is 1830. The second-order valence-corrected chi connectivity index (χ2v) is 12.7. The minimum Gasteiger partial charge on any atom is -0.366 e. The Kier molecular flexibility index (Phi) is 5.48. The molecule has 0 saturated carbocycles. The summed E-state index contributed by atoms with van der Waals surface area (Å²) in [6.07, 6.45) is 2.13. The maximum atomic E-state index is 14.5. The van der Waals surface area contributed by atoms with Gasteiger partial charge in [-0.25, -0.2) is 0 Å². The molecule has 0 aliphatic carbocycles. The summed E-state index contributed by atoms with van der Waals surface area (Å²) in [6.45, 7) is 2.42. The number of anilines is 1. The van der Waals surface area contributed by atoms with Gasteiger partial charge in [-0.15, -0.1) is 0 Å². The molecule has 4 aliphatic heterocycles. The third-order valence-electron chi connectivity index (χ3n) is 9.79. The number of fused-ring (bicyclic) bond motifs is 11. The minimum absolute atomic E-state index is 0.00872. The van der Waals surface area contributed by atoms with Crippen LogP contribution >= 0.6 is 15.9 Å². The molecular weight excluding hydrogens is 586 g/mol. The van der Waals surface area contributed by atoms with E-state index < -0.39 is 0 Å². The zero-order chi connectivity index (χ0) is 28.0. The Morgan fingerprint density at radius 2 is 1.95 bits per heavy atom. The van der Waals surface area contributed by atoms with Gasteiger partial charge in [-0.3, -0.25) is 19.7 Å². The van der Waals surface area contributed by atoms with Crippen molar-refractivity contribution in [1.29, 1.82) is 0 Å². The van der Waals surface area contributed by atoms with E-state index in [0.29, 0.717) is 32.6 Å². The fourth-order valence-electron chi connectivity index (χ4n) is 8.06. The first-order valence-electron chi connectivity index (χ1n) is 14.2. The predicted octanol–water partition coefficient (Wildman–Crippen LogP) is 4.75. The first-order valence-corrected chi connectivity index (χ1v) is 15.0. The van der Waals surface area contributed by atoms with Crippen LogP contribution in [0.1, 0.15) is 34.9 Å². The van der Waals surface area contributed by atoms with Crippen molar-refractivity contribution >= 4 is 44.1 Å². The van der Waals surface area contributed by atoms with E-state index in [-0.39, 0.29) is 45.9 Å². The molecule has 2 aromatic heterocycles. The number of rotatable bonds is 2. The van der Waals surface area contributed by atoms with Crippen LogP contribution in [0.15, 0.2) is 63.9 Å². The van der Waals surface area contributed by atoms with Gasteiger partial charge in [0.15, 0.2) is 0 Å². The maximum absolute atomic E-state index is 14.5. The summed E-state index contributed by atoms with van der Waals surface area (Å²) >= 11 is 3.65. The Balaban J connectivity index is 1.20. The van der Waals surface area contributed by atoms with Crippen molar-refractivity contribution in [2.45, 2.75) is 44.3 Å². The summed E-state index contributed by atoms with van der Waals surface area (Å²) in [5, 5.41) is 12.8. The summed E-state index contributed by atoms with van der Waals surface area (Å²) in [4.78, 5) is 46.5. The lowest BCUT2D eigenvalue weighted by Crippen LogP contribution is -2.61. The van der Waals surface area contributed by atoms with Crippen molar-refractivity contribution in [2.24, 2.45) is 11.8 Å². The van der Waals surface area contributed by atoms with E-state index in [4.69, 9.17) is 0 Å². The maximum Gasteiger partial charge on any atom is 0.269 e. The molecule has 0 spiro atoms. The highest BCUT2D eigenvalue weighted by molar-refractivity contribution is 9.10. The number of benzene rings is 2. The number of aromatic amines is 1. The summed E-state index contributed by atoms with van der Waals surface area (Å²) in [5.41, 5.74) is 6.32. The number of nitro benzene ring substituents is 1. The lowest BCUT2D eigenvalue weighted by Gasteiger charge is -2.54. The van der Waals surface area contributed by atoms with Gasteiger partial charge in [0.2, 0.25) is 5.91 Å². The molecular formula is C31H28BrN5O4. The van der Waals surface area contributed by atoms with Crippen molar-refractivity contribution in [3.63, 3.8) is 0 Å². The molecule has 208 valence electrons. The number of hydrogen-bond donors (Lipinski definition) is 1. The Morgan fingerprint density at radius 1 is 1.10 bits per heavy atom. The number of hydrogen-bond acceptors (Lipinski definition) is 5. The monoisotopic (exact) mass is 613 g/mol. The van der Waals surface area contributed by atoms with Crippen LogP contribution in [0.3, 0.4) is 0 Å². The molecule has 1 N–H and O–H groups in total. The van der Waals surface area contributed by atoms with Crippen LogP contribution in [0.5, 0.6) is 0 Å². The number of para-hydroxylation sites is 1. The summed E-state index contributed by atoms with van der Waals surface area (Å²) in [6, 6.07) is 16.6. The van der Waals surface area contributed by atoms with Gasteiger partial charge in [-0.2, -0.15) is 0 Å². The van der Waals surface area contributed by atoms with E-state index in [1.165, 1.54) is 5.69 Å². The second kappa shape index (κ2) is 9.04. The number of nitro groups is 1. The third kappa shape index (κ3) is 3.72. The minimum atomic E-state index is -0.363. The number of halogens is 1. The fraction of sp³-hybridized carbons (Fsp3) is 0.355. The summed E-state index contributed by atoms with van der Waals surface area (Å²) in [5.74, 6) is 0.0350. The molecule has 41 heavy (non-hydrogen) atoms. The van der Waals surface area contributed by atoms with E-state index in [2.05, 4.69) is 31.9 Å². The smallest absolute Gasteiger partial charge is 0.269 e. The summed E-state index contributed by atoms with van der Waals surface area (Å²) in [7, 11) is 0. The average Bonchev–Trinajstić information content (AvgIpc) is 3.36. The van der Waals surface area contributed by atoms with Gasteiger partial charge in [-0.1, -0.05) is 18.2 Å². The normalized spacial score (nSPS) is 24.3. The first-order chi connectivity index (χ1) is 19.9. The number of piperidine rings is 1. The molecule has 4 aliphatic rings. The number of nitrogens with one attached hydrogen (secondary N) is 1. The standard InChI is InChI=1S/C31H28BrN5O4/c32-24-4-1-3-21-23-16-34(10-9-25(23)33-29(21)24)31(39)22-13-17-12-20(37(40)41)7-8-27(17)36-14-18-11-19(30(22)36)15-35-26(18)5-2-6-28(35)38/h1-8,12,18-19,22,30,33H,9-11,13-16H2/t18?,19?,22-,30?/m1/s1. The van der Waals surface area contributed by atoms with Crippen LogP contribution < -0.4 is 10.5 Å². The van der Waals surface area contributed by atoms with Gasteiger partial charge in [0, 0.05) is 95.3 Å². The molecule has 10 heteroatoms. The van der Waals surface area contributed by atoms with Gasteiger partial charge in [0.05, 0.1) is 16.4 Å². The number of aromatic nitrogens is 2. The van der Waals surface area contributed by atoms with Gasteiger partial charge in [0.1, 0.15) is 0 Å². The molecule has 1 amide bonds. The molecule has 9 nitrogen and oxygen atoms in total. The van der Waals surface area contributed by atoms with Crippen LogP contribution in [-0.4, -0.2) is 44.4 Å². The molecule has 8 rings (SSSR count). The molecule has 6 heterocycles. The molecule has 2 bridgehead atoms. The van der Waals surface area contributed by atoms with E-state index in [9.17, 15) is 19.7 Å². The fourth-order valence-corrected chi connectivity index (χ4v) is 8.53. The Labute approximate surface area is 244 Å². The van der Waals surface area contributed by atoms with Gasteiger partial charge in [-0.05, 0) is 58.5 Å². The van der Waals surface area contributed by atoms with Gasteiger partial charge < -0.3 is 19.4 Å². The highest BCUT2D eigenvalue weighted by Crippen LogP contribution is 2.48.